The summed E-state index contributed by atoms with van der Waals surface area (Å²) in [4.78, 5) is 32.2. The maximum atomic E-state index is 13.4. The number of imide groups is 1. The number of amides is 3. The Kier molecular flexibility index (Phi) is 4.35. The number of benzene rings is 2. The molecule has 10 heteroatoms. The number of likely N-dealkylation sites (N-methyl/N-ethyl adjacent to an activating group) is 2. The molecule has 3 heterocycles. The molecule has 3 aliphatic heterocycles. The van der Waals surface area contributed by atoms with Gasteiger partial charge < -0.3 is 14.2 Å². The van der Waals surface area contributed by atoms with Crippen LogP contribution in [-0.2, 0) is 11.3 Å². The topological polar surface area (TPSA) is 83.7 Å². The first kappa shape index (κ1) is 19.0. The minimum Gasteiger partial charge on any atom is -0.454 e. The third-order valence-electron chi connectivity index (χ3n) is 5.31. The molecule has 9 nitrogen and oxygen atoms in total. The van der Waals surface area contributed by atoms with Gasteiger partial charge in [0.05, 0.1) is 0 Å². The molecule has 0 radical (unpaired) electrons. The summed E-state index contributed by atoms with van der Waals surface area (Å²) in [5.74, 6) is 1.06. The van der Waals surface area contributed by atoms with E-state index in [1.165, 1.54) is 24.1 Å². The number of halogens is 1. The highest BCUT2D eigenvalue weighted by molar-refractivity contribution is 6.22. The van der Waals surface area contributed by atoms with Crippen LogP contribution in [0, 0.1) is 5.82 Å². The lowest BCUT2D eigenvalue weighted by Crippen LogP contribution is -2.61. The van der Waals surface area contributed by atoms with Crippen LogP contribution in [0.2, 0.25) is 0 Å². The first-order valence-electron chi connectivity index (χ1n) is 9.52. The molecule has 1 unspecified atom stereocenters. The zero-order chi connectivity index (χ0) is 21.7. The number of amidine groups is 2. The van der Waals surface area contributed by atoms with E-state index in [0.717, 1.165) is 10.5 Å². The molecular weight excluding hydrogens is 407 g/mol. The molecule has 0 aromatic heterocycles. The van der Waals surface area contributed by atoms with E-state index in [1.807, 2.05) is 0 Å². The summed E-state index contributed by atoms with van der Waals surface area (Å²) in [6.45, 7) is 0.351. The second kappa shape index (κ2) is 7.08. The SMILES string of the molecule is CN1C(=O)C2C(=NC(Oc3ccc4c(c3)OCO4)=[N+]2Cc2ccc(F)cc2)N(C)C1=O. The zero-order valence-electron chi connectivity index (χ0n) is 16.7. The number of nitrogens with zero attached hydrogens (tertiary/aromatic N) is 4. The average Bonchev–Trinajstić information content (AvgIpc) is 3.37. The number of hydrogen-bond donors (Lipinski definition) is 0. The molecule has 1 fully saturated rings. The van der Waals surface area contributed by atoms with E-state index in [4.69, 9.17) is 14.2 Å². The lowest BCUT2D eigenvalue weighted by Gasteiger charge is -2.30. The van der Waals surface area contributed by atoms with Crippen molar-refractivity contribution in [3.05, 3.63) is 53.8 Å². The highest BCUT2D eigenvalue weighted by Gasteiger charge is 2.54. The zero-order valence-corrected chi connectivity index (χ0v) is 16.7. The van der Waals surface area contributed by atoms with Crippen LogP contribution in [0.5, 0.6) is 17.2 Å². The lowest BCUT2D eigenvalue weighted by molar-refractivity contribution is -0.557. The summed E-state index contributed by atoms with van der Waals surface area (Å²) in [5.41, 5.74) is 0.750. The van der Waals surface area contributed by atoms with Crippen LogP contribution in [0.4, 0.5) is 9.18 Å². The number of urea groups is 1. The molecule has 0 saturated carbocycles. The third-order valence-corrected chi connectivity index (χ3v) is 5.31. The quantitative estimate of drug-likeness (QED) is 0.701. The van der Waals surface area contributed by atoms with Gasteiger partial charge in [-0.3, -0.25) is 14.6 Å². The van der Waals surface area contributed by atoms with Crippen LogP contribution in [0.3, 0.4) is 0 Å². The van der Waals surface area contributed by atoms with Gasteiger partial charge in [-0.1, -0.05) is 12.1 Å². The number of ether oxygens (including phenoxy) is 3. The van der Waals surface area contributed by atoms with Gasteiger partial charge in [0.15, 0.2) is 11.5 Å². The van der Waals surface area contributed by atoms with Crippen molar-refractivity contribution in [3.8, 4) is 17.2 Å². The fourth-order valence-corrected chi connectivity index (χ4v) is 3.65. The molecule has 0 bridgehead atoms. The molecule has 0 aliphatic carbocycles. The van der Waals surface area contributed by atoms with Gasteiger partial charge in [-0.15, -0.1) is 0 Å². The maximum Gasteiger partial charge on any atom is 0.502 e. The van der Waals surface area contributed by atoms with Crippen molar-refractivity contribution in [1.29, 1.82) is 0 Å². The third kappa shape index (κ3) is 3.16. The van der Waals surface area contributed by atoms with Crippen molar-refractivity contribution >= 4 is 23.8 Å². The first-order valence-corrected chi connectivity index (χ1v) is 9.52. The largest absolute Gasteiger partial charge is 0.502 e. The monoisotopic (exact) mass is 425 g/mol. The molecule has 2 aromatic carbocycles. The minimum absolute atomic E-state index is 0.129. The van der Waals surface area contributed by atoms with Crippen molar-refractivity contribution < 1.29 is 32.8 Å². The highest BCUT2D eigenvalue weighted by atomic mass is 19.1. The molecule has 5 rings (SSSR count). The fourth-order valence-electron chi connectivity index (χ4n) is 3.65. The number of fused-ring (bicyclic) bond motifs is 2. The average molecular weight is 425 g/mol. The van der Waals surface area contributed by atoms with E-state index in [-0.39, 0.29) is 31.0 Å². The Morgan fingerprint density at radius 1 is 1.10 bits per heavy atom. The summed E-state index contributed by atoms with van der Waals surface area (Å²) in [5, 5.41) is 0. The Morgan fingerprint density at radius 3 is 2.61 bits per heavy atom. The summed E-state index contributed by atoms with van der Waals surface area (Å²) >= 11 is 0. The Bertz CT molecular complexity index is 1160. The van der Waals surface area contributed by atoms with Crippen molar-refractivity contribution in [2.24, 2.45) is 4.99 Å². The molecule has 0 spiro atoms. The van der Waals surface area contributed by atoms with E-state index >= 15 is 0 Å². The van der Waals surface area contributed by atoms with Crippen LogP contribution in [0.25, 0.3) is 0 Å². The smallest absolute Gasteiger partial charge is 0.454 e. The summed E-state index contributed by atoms with van der Waals surface area (Å²) in [6, 6.07) is 9.82. The molecule has 158 valence electrons. The van der Waals surface area contributed by atoms with E-state index < -0.39 is 18.0 Å². The van der Waals surface area contributed by atoms with Crippen LogP contribution in [0.1, 0.15) is 5.56 Å². The second-order valence-corrected chi connectivity index (χ2v) is 7.27. The molecular formula is C21H18FN4O5+. The number of hydrogen-bond acceptors (Lipinski definition) is 6. The highest BCUT2D eigenvalue weighted by Crippen LogP contribution is 2.35. The Balaban J connectivity index is 1.55. The molecule has 3 amide bonds. The number of carbonyl (C=O) groups is 2. The molecule has 3 aliphatic rings. The first-order chi connectivity index (χ1) is 14.9. The summed E-state index contributed by atoms with van der Waals surface area (Å²) < 4.78 is 31.7. The van der Waals surface area contributed by atoms with E-state index in [1.54, 1.807) is 42.0 Å². The maximum absolute atomic E-state index is 13.4. The molecule has 1 saturated heterocycles. The van der Waals surface area contributed by atoms with Gasteiger partial charge in [-0.25, -0.2) is 9.18 Å². The van der Waals surface area contributed by atoms with Gasteiger partial charge in [-0.2, -0.15) is 4.58 Å². The van der Waals surface area contributed by atoms with Gasteiger partial charge in [-0.05, 0) is 29.8 Å². The lowest BCUT2D eigenvalue weighted by atomic mass is 10.1. The molecule has 2 aromatic rings. The van der Waals surface area contributed by atoms with Crippen molar-refractivity contribution in [2.75, 3.05) is 20.9 Å². The fraction of sp³-hybridized carbons (Fsp3) is 0.238. The van der Waals surface area contributed by atoms with Gasteiger partial charge >= 0.3 is 12.1 Å². The van der Waals surface area contributed by atoms with Gasteiger partial charge in [0, 0.05) is 25.2 Å². The normalized spacial score (nSPS) is 19.7. The predicted molar refractivity (Wildman–Crippen MR) is 106 cm³/mol. The van der Waals surface area contributed by atoms with Gasteiger partial charge in [0.1, 0.15) is 18.1 Å². The van der Waals surface area contributed by atoms with Crippen molar-refractivity contribution in [2.45, 2.75) is 12.6 Å². The Hall–Kier alpha value is -3.95. The number of rotatable bonds is 3. The van der Waals surface area contributed by atoms with E-state index in [9.17, 15) is 14.0 Å². The van der Waals surface area contributed by atoms with E-state index in [0.29, 0.717) is 17.2 Å². The molecule has 0 N–H and O–H groups in total. The van der Waals surface area contributed by atoms with Crippen LogP contribution < -0.4 is 14.2 Å². The van der Waals surface area contributed by atoms with Crippen LogP contribution in [0.15, 0.2) is 47.5 Å². The Labute approximate surface area is 176 Å². The van der Waals surface area contributed by atoms with Crippen LogP contribution >= 0.6 is 0 Å². The number of carbonyl (C=O) groups excluding carboxylic acids is 2. The Morgan fingerprint density at radius 2 is 1.84 bits per heavy atom. The molecule has 1 atom stereocenters. The van der Waals surface area contributed by atoms with Crippen LogP contribution in [-0.4, -0.2) is 65.1 Å². The summed E-state index contributed by atoms with van der Waals surface area (Å²) in [6.07, 6.45) is 0. The number of aliphatic imine (C=N–C) groups is 1. The van der Waals surface area contributed by atoms with Crippen molar-refractivity contribution in [3.63, 3.8) is 0 Å². The second-order valence-electron chi connectivity index (χ2n) is 7.27. The van der Waals surface area contributed by atoms with Gasteiger partial charge in [0.25, 0.3) is 17.8 Å². The minimum atomic E-state index is -0.846. The summed E-state index contributed by atoms with van der Waals surface area (Å²) in [7, 11) is 2.97. The van der Waals surface area contributed by atoms with Crippen molar-refractivity contribution in [1.82, 2.24) is 9.80 Å². The van der Waals surface area contributed by atoms with E-state index in [2.05, 4.69) is 4.99 Å². The van der Waals surface area contributed by atoms with Gasteiger partial charge in [0.2, 0.25) is 6.79 Å². The predicted octanol–water partition coefficient (Wildman–Crippen LogP) is 1.81. The standard InChI is InChI=1S/C21H18FN4O5/c1-24-18-17(19(27)25(2)21(24)28)26(10-12-3-5-13(22)6-4-12)20(23-18)31-14-7-8-15-16(9-14)30-11-29-15/h3-9,17H,10-11H2,1-2H3/q+1. The molecule has 31 heavy (non-hydrogen) atoms.